The van der Waals surface area contributed by atoms with Crippen LogP contribution in [0.4, 0.5) is 0 Å². The molecule has 0 unspecified atom stereocenters. The summed E-state index contributed by atoms with van der Waals surface area (Å²) in [5, 5.41) is 4.40. The molecule has 0 amide bonds. The summed E-state index contributed by atoms with van der Waals surface area (Å²) in [6, 6.07) is 13.1. The second kappa shape index (κ2) is 7.54. The van der Waals surface area contributed by atoms with Crippen LogP contribution in [-0.2, 0) is 11.3 Å². The standard InChI is InChI=1S/C15H10ClN3O2S2/c16-13-12(18-19-23-13)9-21-15(20)11-7-4-8-17-14(11)22-10-5-2-1-3-6-10/h1-8H,9H2. The van der Waals surface area contributed by atoms with Crippen LogP contribution < -0.4 is 0 Å². The molecular weight excluding hydrogens is 354 g/mol. The minimum Gasteiger partial charge on any atom is -0.455 e. The van der Waals surface area contributed by atoms with E-state index in [1.807, 2.05) is 30.3 Å². The van der Waals surface area contributed by atoms with Gasteiger partial charge in [0.15, 0.2) is 0 Å². The molecule has 5 nitrogen and oxygen atoms in total. The minimum absolute atomic E-state index is 0.0154. The van der Waals surface area contributed by atoms with Gasteiger partial charge in [-0.3, -0.25) is 0 Å². The first-order chi connectivity index (χ1) is 11.2. The second-order valence-corrected chi connectivity index (χ2v) is 6.76. The van der Waals surface area contributed by atoms with Crippen molar-refractivity contribution in [1.29, 1.82) is 0 Å². The van der Waals surface area contributed by atoms with E-state index in [1.54, 1.807) is 18.3 Å². The van der Waals surface area contributed by atoms with Crippen molar-refractivity contribution in [1.82, 2.24) is 14.6 Å². The lowest BCUT2D eigenvalue weighted by molar-refractivity contribution is 0.0463. The Bertz CT molecular complexity index is 811. The zero-order valence-electron chi connectivity index (χ0n) is 11.7. The minimum atomic E-state index is -0.472. The number of halogens is 1. The van der Waals surface area contributed by atoms with Crippen molar-refractivity contribution in [3.05, 3.63) is 64.3 Å². The average Bonchev–Trinajstić information content (AvgIpc) is 2.99. The largest absolute Gasteiger partial charge is 0.455 e. The molecule has 0 bridgehead atoms. The highest BCUT2D eigenvalue weighted by atomic mass is 35.5. The topological polar surface area (TPSA) is 65.0 Å². The monoisotopic (exact) mass is 363 g/mol. The van der Waals surface area contributed by atoms with Gasteiger partial charge >= 0.3 is 5.97 Å². The van der Waals surface area contributed by atoms with E-state index in [1.165, 1.54) is 11.8 Å². The molecule has 0 atom stereocenters. The van der Waals surface area contributed by atoms with E-state index in [0.717, 1.165) is 16.4 Å². The van der Waals surface area contributed by atoms with Gasteiger partial charge in [0.1, 0.15) is 21.7 Å². The molecule has 0 aliphatic heterocycles. The number of hydrogen-bond acceptors (Lipinski definition) is 7. The zero-order valence-corrected chi connectivity index (χ0v) is 14.1. The third-order valence-corrected chi connectivity index (χ3v) is 4.81. The third-order valence-electron chi connectivity index (χ3n) is 2.80. The van der Waals surface area contributed by atoms with Crippen LogP contribution in [0.2, 0.25) is 4.34 Å². The maximum Gasteiger partial charge on any atom is 0.341 e. The number of carbonyl (C=O) groups excluding carboxylic acids is 1. The molecule has 0 saturated carbocycles. The summed E-state index contributed by atoms with van der Waals surface area (Å²) in [6.07, 6.45) is 1.64. The highest BCUT2D eigenvalue weighted by molar-refractivity contribution is 7.99. The number of nitrogens with zero attached hydrogens (tertiary/aromatic N) is 3. The zero-order chi connectivity index (χ0) is 16.1. The van der Waals surface area contributed by atoms with Crippen LogP contribution in [0.15, 0.2) is 58.6 Å². The lowest BCUT2D eigenvalue weighted by atomic mass is 10.3. The Labute approximate surface area is 145 Å². The lowest BCUT2D eigenvalue weighted by Gasteiger charge is -2.07. The van der Waals surface area contributed by atoms with Gasteiger partial charge < -0.3 is 4.74 Å². The molecule has 0 radical (unpaired) electrons. The van der Waals surface area contributed by atoms with Gasteiger partial charge in [-0.25, -0.2) is 9.78 Å². The number of pyridine rings is 1. The Hall–Kier alpha value is -1.96. The van der Waals surface area contributed by atoms with Crippen molar-refractivity contribution in [3.63, 3.8) is 0 Å². The normalized spacial score (nSPS) is 10.5. The SMILES string of the molecule is O=C(OCc1nnsc1Cl)c1cccnc1Sc1ccccc1. The predicted octanol–water partition coefficient (Wildman–Crippen LogP) is 4.09. The van der Waals surface area contributed by atoms with Gasteiger partial charge in [0.25, 0.3) is 0 Å². The van der Waals surface area contributed by atoms with E-state index in [-0.39, 0.29) is 6.61 Å². The molecule has 0 spiro atoms. The number of rotatable bonds is 5. The smallest absolute Gasteiger partial charge is 0.341 e. The first-order valence-corrected chi connectivity index (χ1v) is 8.52. The van der Waals surface area contributed by atoms with Gasteiger partial charge in [-0.15, -0.1) is 5.10 Å². The van der Waals surface area contributed by atoms with Crippen LogP contribution in [0, 0.1) is 0 Å². The molecule has 23 heavy (non-hydrogen) atoms. The number of esters is 1. The summed E-state index contributed by atoms with van der Waals surface area (Å²) in [5.74, 6) is -0.472. The molecule has 0 aliphatic rings. The molecule has 3 aromatic rings. The molecule has 0 saturated heterocycles. The molecule has 2 heterocycles. The lowest BCUT2D eigenvalue weighted by Crippen LogP contribution is -2.08. The average molecular weight is 364 g/mol. The molecule has 1 aromatic carbocycles. The number of benzene rings is 1. The fourth-order valence-corrected chi connectivity index (χ4v) is 3.21. The first-order valence-electron chi connectivity index (χ1n) is 6.56. The van der Waals surface area contributed by atoms with Crippen LogP contribution in [0.5, 0.6) is 0 Å². The Morgan fingerprint density at radius 1 is 1.22 bits per heavy atom. The van der Waals surface area contributed by atoms with Crippen LogP contribution >= 0.6 is 34.9 Å². The quantitative estimate of drug-likeness (QED) is 0.636. The van der Waals surface area contributed by atoms with Gasteiger partial charge in [0.05, 0.1) is 5.56 Å². The Balaban J connectivity index is 1.74. The van der Waals surface area contributed by atoms with Gasteiger partial charge in [0, 0.05) is 22.6 Å². The van der Waals surface area contributed by atoms with E-state index < -0.39 is 5.97 Å². The van der Waals surface area contributed by atoms with Crippen LogP contribution in [0.1, 0.15) is 16.1 Å². The van der Waals surface area contributed by atoms with E-state index in [4.69, 9.17) is 16.3 Å². The van der Waals surface area contributed by atoms with Gasteiger partial charge in [-0.05, 0) is 24.3 Å². The Morgan fingerprint density at radius 2 is 2.04 bits per heavy atom. The van der Waals surface area contributed by atoms with Gasteiger partial charge in [0.2, 0.25) is 0 Å². The van der Waals surface area contributed by atoms with E-state index in [9.17, 15) is 4.79 Å². The first kappa shape index (κ1) is 15.9. The Morgan fingerprint density at radius 3 is 2.78 bits per heavy atom. The van der Waals surface area contributed by atoms with Crippen molar-refractivity contribution in [2.45, 2.75) is 16.5 Å². The van der Waals surface area contributed by atoms with Gasteiger partial charge in [-0.1, -0.05) is 46.1 Å². The highest BCUT2D eigenvalue weighted by Crippen LogP contribution is 2.29. The van der Waals surface area contributed by atoms with E-state index in [2.05, 4.69) is 14.6 Å². The molecule has 3 rings (SSSR count). The maximum absolute atomic E-state index is 12.3. The van der Waals surface area contributed by atoms with Crippen LogP contribution in [0.3, 0.4) is 0 Å². The maximum atomic E-state index is 12.3. The Kier molecular flexibility index (Phi) is 5.22. The number of ether oxygens (including phenoxy) is 1. The highest BCUT2D eigenvalue weighted by Gasteiger charge is 2.16. The fraction of sp³-hybridized carbons (Fsp3) is 0.0667. The molecular formula is C15H10ClN3O2S2. The molecule has 8 heteroatoms. The van der Waals surface area contributed by atoms with Gasteiger partial charge in [-0.2, -0.15) is 0 Å². The van der Waals surface area contributed by atoms with Crippen molar-refractivity contribution >= 4 is 40.9 Å². The van der Waals surface area contributed by atoms with Crippen molar-refractivity contribution in [2.75, 3.05) is 0 Å². The fourth-order valence-electron chi connectivity index (χ4n) is 1.72. The molecule has 2 aromatic heterocycles. The molecule has 0 N–H and O–H groups in total. The summed E-state index contributed by atoms with van der Waals surface area (Å²) in [4.78, 5) is 17.6. The van der Waals surface area contributed by atoms with E-state index >= 15 is 0 Å². The molecule has 0 fully saturated rings. The van der Waals surface area contributed by atoms with Crippen LogP contribution in [0.25, 0.3) is 0 Å². The summed E-state index contributed by atoms with van der Waals surface area (Å²) >= 11 is 8.35. The third kappa shape index (κ3) is 4.07. The summed E-state index contributed by atoms with van der Waals surface area (Å²) in [7, 11) is 0. The number of aromatic nitrogens is 3. The van der Waals surface area contributed by atoms with Crippen molar-refractivity contribution in [3.8, 4) is 0 Å². The summed E-state index contributed by atoms with van der Waals surface area (Å²) < 4.78 is 9.38. The number of carbonyl (C=O) groups is 1. The predicted molar refractivity (Wildman–Crippen MR) is 88.8 cm³/mol. The number of hydrogen-bond donors (Lipinski definition) is 0. The summed E-state index contributed by atoms with van der Waals surface area (Å²) in [6.45, 7) is -0.0154. The van der Waals surface area contributed by atoms with Crippen molar-refractivity contribution in [2.24, 2.45) is 0 Å². The van der Waals surface area contributed by atoms with Crippen molar-refractivity contribution < 1.29 is 9.53 Å². The molecule has 116 valence electrons. The second-order valence-electron chi connectivity index (χ2n) is 4.34. The summed E-state index contributed by atoms with van der Waals surface area (Å²) in [5.41, 5.74) is 0.854. The van der Waals surface area contributed by atoms with E-state index in [0.29, 0.717) is 20.6 Å². The molecule has 0 aliphatic carbocycles. The van der Waals surface area contributed by atoms with Crippen LogP contribution in [-0.4, -0.2) is 20.5 Å².